The molecule has 1 aliphatic rings. The zero-order chi connectivity index (χ0) is 16.1. The first kappa shape index (κ1) is 15.7. The van der Waals surface area contributed by atoms with Gasteiger partial charge in [-0.1, -0.05) is 30.3 Å². The molecule has 1 heterocycles. The molecule has 0 bridgehead atoms. The molecule has 23 heavy (non-hydrogen) atoms. The molecule has 0 aliphatic heterocycles. The van der Waals surface area contributed by atoms with Crippen molar-refractivity contribution < 1.29 is 9.59 Å². The fraction of sp³-hybridized carbons (Fsp3) is 0.353. The van der Waals surface area contributed by atoms with Gasteiger partial charge in [0.15, 0.2) is 0 Å². The van der Waals surface area contributed by atoms with E-state index < -0.39 is 0 Å². The third-order valence-corrected chi connectivity index (χ3v) is 4.48. The van der Waals surface area contributed by atoms with Crippen LogP contribution in [0.1, 0.15) is 24.3 Å². The van der Waals surface area contributed by atoms with E-state index >= 15 is 0 Å². The molecule has 1 aromatic heterocycles. The van der Waals surface area contributed by atoms with E-state index in [1.165, 1.54) is 0 Å². The van der Waals surface area contributed by atoms with Gasteiger partial charge in [0.2, 0.25) is 11.8 Å². The normalized spacial score (nSPS) is 13.6. The summed E-state index contributed by atoms with van der Waals surface area (Å²) in [5, 5.41) is 8.43. The van der Waals surface area contributed by atoms with Gasteiger partial charge >= 0.3 is 0 Å². The van der Waals surface area contributed by atoms with E-state index in [0.29, 0.717) is 18.9 Å². The van der Waals surface area contributed by atoms with Crippen molar-refractivity contribution in [2.24, 2.45) is 0 Å². The second-order valence-electron chi connectivity index (χ2n) is 5.61. The first-order chi connectivity index (χ1) is 11.2. The Morgan fingerprint density at radius 3 is 2.70 bits per heavy atom. The van der Waals surface area contributed by atoms with Gasteiger partial charge in [-0.05, 0) is 12.8 Å². The van der Waals surface area contributed by atoms with Crippen molar-refractivity contribution in [1.82, 2.24) is 15.6 Å². The molecule has 3 rings (SSSR count). The molecule has 0 unspecified atom stereocenters. The van der Waals surface area contributed by atoms with Crippen LogP contribution in [0, 0.1) is 0 Å². The number of benzene rings is 1. The molecule has 1 fully saturated rings. The average molecular weight is 329 g/mol. The van der Waals surface area contributed by atoms with E-state index in [2.05, 4.69) is 15.6 Å². The molecule has 2 N–H and O–H groups in total. The summed E-state index contributed by atoms with van der Waals surface area (Å²) >= 11 is 1.56. The predicted molar refractivity (Wildman–Crippen MR) is 90.0 cm³/mol. The summed E-state index contributed by atoms with van der Waals surface area (Å²) in [6, 6.07) is 10.3. The van der Waals surface area contributed by atoms with Crippen molar-refractivity contribution >= 4 is 23.2 Å². The number of hydrogen-bond acceptors (Lipinski definition) is 4. The molecule has 0 atom stereocenters. The topological polar surface area (TPSA) is 71.1 Å². The quantitative estimate of drug-likeness (QED) is 0.817. The zero-order valence-electron chi connectivity index (χ0n) is 12.7. The van der Waals surface area contributed by atoms with Gasteiger partial charge in [-0.25, -0.2) is 4.98 Å². The lowest BCUT2D eigenvalue weighted by Crippen LogP contribution is -2.37. The number of thiazole rings is 1. The molecule has 5 nitrogen and oxygen atoms in total. The Balaban J connectivity index is 1.42. The van der Waals surface area contributed by atoms with Crippen LogP contribution in [-0.4, -0.2) is 29.4 Å². The average Bonchev–Trinajstić information content (AvgIpc) is 3.25. The number of carbonyl (C=O) groups excluding carboxylic acids is 2. The molecule has 2 aromatic rings. The van der Waals surface area contributed by atoms with Gasteiger partial charge < -0.3 is 10.6 Å². The van der Waals surface area contributed by atoms with Crippen LogP contribution in [-0.2, 0) is 16.0 Å². The SMILES string of the molecule is O=C(CCc1nc(-c2ccccc2)cs1)NCC(=O)NC1CC1. The predicted octanol–water partition coefficient (Wildman–Crippen LogP) is 2.14. The van der Waals surface area contributed by atoms with E-state index in [1.807, 2.05) is 35.7 Å². The number of hydrogen-bond donors (Lipinski definition) is 2. The molecule has 1 aliphatic carbocycles. The second-order valence-corrected chi connectivity index (χ2v) is 6.55. The fourth-order valence-corrected chi connectivity index (χ4v) is 2.97. The maximum atomic E-state index is 11.8. The van der Waals surface area contributed by atoms with Crippen LogP contribution in [0.2, 0.25) is 0 Å². The minimum Gasteiger partial charge on any atom is -0.352 e. The Labute approximate surface area is 139 Å². The largest absolute Gasteiger partial charge is 0.352 e. The van der Waals surface area contributed by atoms with Gasteiger partial charge in [0.25, 0.3) is 0 Å². The highest BCUT2D eigenvalue weighted by Gasteiger charge is 2.23. The maximum Gasteiger partial charge on any atom is 0.239 e. The van der Waals surface area contributed by atoms with Gasteiger partial charge in [-0.3, -0.25) is 9.59 Å². The lowest BCUT2D eigenvalue weighted by Gasteiger charge is -2.05. The Hall–Kier alpha value is -2.21. The highest BCUT2D eigenvalue weighted by molar-refractivity contribution is 7.09. The van der Waals surface area contributed by atoms with E-state index in [4.69, 9.17) is 0 Å². The van der Waals surface area contributed by atoms with E-state index in [1.54, 1.807) is 11.3 Å². The lowest BCUT2D eigenvalue weighted by atomic mass is 10.2. The molecule has 0 radical (unpaired) electrons. The van der Waals surface area contributed by atoms with Crippen molar-refractivity contribution in [2.45, 2.75) is 31.7 Å². The van der Waals surface area contributed by atoms with Crippen molar-refractivity contribution in [3.05, 3.63) is 40.7 Å². The third-order valence-electron chi connectivity index (χ3n) is 3.58. The number of nitrogens with zero attached hydrogens (tertiary/aromatic N) is 1. The minimum atomic E-state index is -0.118. The van der Waals surface area contributed by atoms with Crippen LogP contribution in [0.5, 0.6) is 0 Å². The Kier molecular flexibility index (Phi) is 5.02. The summed E-state index contributed by atoms with van der Waals surface area (Å²) in [6.07, 6.45) is 3.03. The third kappa shape index (κ3) is 4.89. The molecule has 120 valence electrons. The Morgan fingerprint density at radius 2 is 1.96 bits per heavy atom. The minimum absolute atomic E-state index is 0.0580. The number of aromatic nitrogens is 1. The van der Waals surface area contributed by atoms with Gasteiger partial charge in [0.1, 0.15) is 0 Å². The summed E-state index contributed by atoms with van der Waals surface area (Å²) in [4.78, 5) is 27.8. The summed E-state index contributed by atoms with van der Waals surface area (Å²) in [5.41, 5.74) is 2.02. The number of carbonyl (C=O) groups is 2. The van der Waals surface area contributed by atoms with E-state index in [0.717, 1.165) is 29.1 Å². The monoisotopic (exact) mass is 329 g/mol. The number of aryl methyl sites for hydroxylation is 1. The van der Waals surface area contributed by atoms with Gasteiger partial charge in [0.05, 0.1) is 17.2 Å². The van der Waals surface area contributed by atoms with Crippen LogP contribution in [0.25, 0.3) is 11.3 Å². The van der Waals surface area contributed by atoms with E-state index in [-0.39, 0.29) is 18.4 Å². The molecular weight excluding hydrogens is 310 g/mol. The van der Waals surface area contributed by atoms with Crippen molar-refractivity contribution in [3.63, 3.8) is 0 Å². The molecular formula is C17H19N3O2S. The second kappa shape index (κ2) is 7.37. The first-order valence-electron chi connectivity index (χ1n) is 7.76. The van der Waals surface area contributed by atoms with Gasteiger partial charge in [0, 0.05) is 29.8 Å². The first-order valence-corrected chi connectivity index (χ1v) is 8.64. The molecule has 0 saturated heterocycles. The highest BCUT2D eigenvalue weighted by Crippen LogP contribution is 2.22. The van der Waals surface area contributed by atoms with Crippen LogP contribution in [0.4, 0.5) is 0 Å². The van der Waals surface area contributed by atoms with E-state index in [9.17, 15) is 9.59 Å². The lowest BCUT2D eigenvalue weighted by molar-refractivity contribution is -0.126. The summed E-state index contributed by atoms with van der Waals surface area (Å²) < 4.78 is 0. The Morgan fingerprint density at radius 1 is 1.17 bits per heavy atom. The van der Waals surface area contributed by atoms with Crippen molar-refractivity contribution in [1.29, 1.82) is 0 Å². The molecule has 1 aromatic carbocycles. The van der Waals surface area contributed by atoms with Gasteiger partial charge in [-0.2, -0.15) is 0 Å². The smallest absolute Gasteiger partial charge is 0.239 e. The number of rotatable bonds is 7. The Bertz CT molecular complexity index is 680. The number of nitrogens with one attached hydrogen (secondary N) is 2. The molecule has 0 spiro atoms. The molecule has 1 saturated carbocycles. The van der Waals surface area contributed by atoms with Crippen LogP contribution in [0.3, 0.4) is 0 Å². The van der Waals surface area contributed by atoms with Crippen LogP contribution >= 0.6 is 11.3 Å². The number of amides is 2. The molecule has 2 amide bonds. The van der Waals surface area contributed by atoms with Crippen LogP contribution < -0.4 is 10.6 Å². The van der Waals surface area contributed by atoms with Gasteiger partial charge in [-0.15, -0.1) is 11.3 Å². The zero-order valence-corrected chi connectivity index (χ0v) is 13.6. The fourth-order valence-electron chi connectivity index (χ4n) is 2.16. The summed E-state index contributed by atoms with van der Waals surface area (Å²) in [5.74, 6) is -0.228. The maximum absolute atomic E-state index is 11.8. The molecule has 6 heteroatoms. The standard InChI is InChI=1S/C17H19N3O2S/c21-15(18-10-16(22)19-13-6-7-13)8-9-17-20-14(11-23-17)12-4-2-1-3-5-12/h1-5,11,13H,6-10H2,(H,18,21)(H,19,22). The summed E-state index contributed by atoms with van der Waals surface area (Å²) in [7, 11) is 0. The van der Waals surface area contributed by atoms with Crippen molar-refractivity contribution in [3.8, 4) is 11.3 Å². The highest BCUT2D eigenvalue weighted by atomic mass is 32.1. The summed E-state index contributed by atoms with van der Waals surface area (Å²) in [6.45, 7) is 0.0580. The van der Waals surface area contributed by atoms with Crippen molar-refractivity contribution in [2.75, 3.05) is 6.54 Å². The van der Waals surface area contributed by atoms with Crippen LogP contribution in [0.15, 0.2) is 35.7 Å².